The molecule has 3 heteroatoms. The minimum Gasteiger partial charge on any atom is -0.326 e. The Morgan fingerprint density at radius 2 is 2.06 bits per heavy atom. The van der Waals surface area contributed by atoms with E-state index in [-0.39, 0.29) is 17.2 Å². The fourth-order valence-corrected chi connectivity index (χ4v) is 2.39. The van der Waals surface area contributed by atoms with Gasteiger partial charge in [-0.1, -0.05) is 32.4 Å². The van der Waals surface area contributed by atoms with Crippen molar-refractivity contribution >= 4 is 23.2 Å². The van der Waals surface area contributed by atoms with Gasteiger partial charge in [0.1, 0.15) is 0 Å². The first kappa shape index (κ1) is 11.5. The predicted molar refractivity (Wildman–Crippen MR) is 66.9 cm³/mol. The van der Waals surface area contributed by atoms with Crippen molar-refractivity contribution in [3.8, 4) is 0 Å². The van der Waals surface area contributed by atoms with Gasteiger partial charge in [0, 0.05) is 17.1 Å². The van der Waals surface area contributed by atoms with E-state index in [0.29, 0.717) is 6.42 Å². The molecule has 1 N–H and O–H groups in total. The summed E-state index contributed by atoms with van der Waals surface area (Å²) in [5.41, 5.74) is 2.12. The van der Waals surface area contributed by atoms with Crippen molar-refractivity contribution in [2.75, 3.05) is 5.32 Å². The lowest BCUT2D eigenvalue weighted by atomic mass is 9.72. The summed E-state index contributed by atoms with van der Waals surface area (Å²) in [5.74, 6) is 0.324. The molecule has 1 amide bonds. The molecule has 16 heavy (non-hydrogen) atoms. The van der Waals surface area contributed by atoms with Gasteiger partial charge in [-0.05, 0) is 35.1 Å². The van der Waals surface area contributed by atoms with Gasteiger partial charge in [-0.3, -0.25) is 4.79 Å². The number of amides is 1. The van der Waals surface area contributed by atoms with E-state index < -0.39 is 0 Å². The van der Waals surface area contributed by atoms with Gasteiger partial charge in [-0.15, -0.1) is 0 Å². The van der Waals surface area contributed by atoms with Crippen LogP contribution in [0.25, 0.3) is 0 Å². The highest BCUT2D eigenvalue weighted by molar-refractivity contribution is 6.30. The van der Waals surface area contributed by atoms with Crippen molar-refractivity contribution < 1.29 is 4.79 Å². The summed E-state index contributed by atoms with van der Waals surface area (Å²) in [5, 5.41) is 3.62. The molecule has 86 valence electrons. The predicted octanol–water partition coefficient (Wildman–Crippen LogP) is 3.81. The van der Waals surface area contributed by atoms with E-state index in [1.807, 2.05) is 18.2 Å². The second-order valence-electron chi connectivity index (χ2n) is 5.40. The van der Waals surface area contributed by atoms with Gasteiger partial charge in [0.2, 0.25) is 5.91 Å². The van der Waals surface area contributed by atoms with Crippen LogP contribution >= 0.6 is 11.6 Å². The first-order valence-corrected chi connectivity index (χ1v) is 5.85. The molecule has 0 aliphatic carbocycles. The number of hydrogen-bond donors (Lipinski definition) is 1. The molecular weight excluding hydrogens is 222 g/mol. The van der Waals surface area contributed by atoms with E-state index in [9.17, 15) is 4.79 Å². The van der Waals surface area contributed by atoms with E-state index >= 15 is 0 Å². The fourth-order valence-electron chi connectivity index (χ4n) is 2.20. The zero-order valence-corrected chi connectivity index (χ0v) is 10.6. The monoisotopic (exact) mass is 237 g/mol. The normalized spacial score (nSPS) is 20.2. The molecule has 0 radical (unpaired) electrons. The fraction of sp³-hybridized carbons (Fsp3) is 0.462. The van der Waals surface area contributed by atoms with Crippen LogP contribution in [0.4, 0.5) is 5.69 Å². The molecule has 0 spiro atoms. The Labute approximate surface area is 101 Å². The van der Waals surface area contributed by atoms with Crippen molar-refractivity contribution in [3.05, 3.63) is 28.8 Å². The summed E-state index contributed by atoms with van der Waals surface area (Å²) >= 11 is 6.02. The van der Waals surface area contributed by atoms with Gasteiger partial charge in [-0.2, -0.15) is 0 Å². The smallest absolute Gasteiger partial charge is 0.225 e. The number of fused-ring (bicyclic) bond motifs is 1. The molecule has 1 aromatic carbocycles. The van der Waals surface area contributed by atoms with Crippen LogP contribution in [-0.2, 0) is 4.79 Å². The molecule has 2 nitrogen and oxygen atoms in total. The second kappa shape index (κ2) is 3.77. The average Bonchev–Trinajstić information content (AvgIpc) is 2.16. The summed E-state index contributed by atoms with van der Waals surface area (Å²) in [4.78, 5) is 11.6. The lowest BCUT2D eigenvalue weighted by Crippen LogP contribution is -2.30. The van der Waals surface area contributed by atoms with Crippen LogP contribution in [0.15, 0.2) is 18.2 Å². The van der Waals surface area contributed by atoms with Gasteiger partial charge in [-0.25, -0.2) is 0 Å². The largest absolute Gasteiger partial charge is 0.326 e. The number of nitrogens with one attached hydrogen (secondary N) is 1. The maximum absolute atomic E-state index is 11.6. The molecule has 1 unspecified atom stereocenters. The number of halogens is 1. The second-order valence-corrected chi connectivity index (χ2v) is 5.84. The van der Waals surface area contributed by atoms with Crippen molar-refractivity contribution in [1.29, 1.82) is 0 Å². The van der Waals surface area contributed by atoms with Crippen molar-refractivity contribution in [2.24, 2.45) is 5.41 Å². The van der Waals surface area contributed by atoms with Crippen molar-refractivity contribution in [2.45, 2.75) is 33.1 Å². The molecule has 1 aliphatic rings. The van der Waals surface area contributed by atoms with E-state index in [2.05, 4.69) is 26.1 Å². The Balaban J connectivity index is 2.52. The van der Waals surface area contributed by atoms with E-state index in [1.165, 1.54) is 0 Å². The highest BCUT2D eigenvalue weighted by Crippen LogP contribution is 2.44. The minimum atomic E-state index is 0.0667. The third-order valence-electron chi connectivity index (χ3n) is 3.10. The zero-order chi connectivity index (χ0) is 11.9. The van der Waals surface area contributed by atoms with Crippen LogP contribution in [0.5, 0.6) is 0 Å². The summed E-state index contributed by atoms with van der Waals surface area (Å²) in [6.07, 6.45) is 0.539. The Kier molecular flexibility index (Phi) is 2.70. The Hall–Kier alpha value is -1.02. The first-order chi connectivity index (χ1) is 7.38. The summed E-state index contributed by atoms with van der Waals surface area (Å²) < 4.78 is 0. The average molecular weight is 238 g/mol. The first-order valence-electron chi connectivity index (χ1n) is 5.47. The third kappa shape index (κ3) is 2.07. The topological polar surface area (TPSA) is 29.1 Å². The summed E-state index contributed by atoms with van der Waals surface area (Å²) in [6.45, 7) is 6.46. The SMILES string of the molecule is CC(C)(C)C1CC(=O)Nc2ccc(Cl)cc21. The van der Waals surface area contributed by atoms with Gasteiger partial charge >= 0.3 is 0 Å². The number of hydrogen-bond acceptors (Lipinski definition) is 1. The standard InChI is InChI=1S/C13H16ClNO/c1-13(2,3)10-7-12(16)15-11-5-4-8(14)6-9(10)11/h4-6,10H,7H2,1-3H3,(H,15,16). The molecule has 1 atom stereocenters. The van der Waals surface area contributed by atoms with E-state index in [4.69, 9.17) is 11.6 Å². The molecule has 1 aliphatic heterocycles. The van der Waals surface area contributed by atoms with E-state index in [0.717, 1.165) is 16.3 Å². The molecule has 1 aromatic rings. The summed E-state index contributed by atoms with van der Waals surface area (Å²) in [6, 6.07) is 5.66. The van der Waals surface area contributed by atoms with Gasteiger partial charge in [0.25, 0.3) is 0 Å². The van der Waals surface area contributed by atoms with Crippen LogP contribution in [0.2, 0.25) is 5.02 Å². The van der Waals surface area contributed by atoms with Crippen LogP contribution in [0, 0.1) is 5.41 Å². The third-order valence-corrected chi connectivity index (χ3v) is 3.33. The van der Waals surface area contributed by atoms with Crippen molar-refractivity contribution in [1.82, 2.24) is 0 Å². The molecule has 0 fully saturated rings. The minimum absolute atomic E-state index is 0.0667. The molecular formula is C13H16ClNO. The Morgan fingerprint density at radius 1 is 1.38 bits per heavy atom. The Morgan fingerprint density at radius 3 is 2.69 bits per heavy atom. The van der Waals surface area contributed by atoms with Crippen LogP contribution < -0.4 is 5.32 Å². The lowest BCUT2D eigenvalue weighted by molar-refractivity contribution is -0.117. The number of anilines is 1. The summed E-state index contributed by atoms with van der Waals surface area (Å²) in [7, 11) is 0. The molecule has 0 bridgehead atoms. The molecule has 2 rings (SSSR count). The zero-order valence-electron chi connectivity index (χ0n) is 9.80. The highest BCUT2D eigenvalue weighted by Gasteiger charge is 2.33. The molecule has 0 saturated carbocycles. The van der Waals surface area contributed by atoms with Gasteiger partial charge in [0.15, 0.2) is 0 Å². The molecule has 1 heterocycles. The van der Waals surface area contributed by atoms with Gasteiger partial charge in [0.05, 0.1) is 0 Å². The van der Waals surface area contributed by atoms with Crippen molar-refractivity contribution in [3.63, 3.8) is 0 Å². The number of rotatable bonds is 0. The molecule has 0 saturated heterocycles. The maximum atomic E-state index is 11.6. The van der Waals surface area contributed by atoms with Crippen LogP contribution in [-0.4, -0.2) is 5.91 Å². The quantitative estimate of drug-likeness (QED) is 0.731. The van der Waals surface area contributed by atoms with Gasteiger partial charge < -0.3 is 5.32 Å². The van der Waals surface area contributed by atoms with E-state index in [1.54, 1.807) is 0 Å². The van der Waals surface area contributed by atoms with Crippen LogP contribution in [0.1, 0.15) is 38.7 Å². The Bertz CT molecular complexity index is 434. The molecule has 0 aromatic heterocycles. The lowest BCUT2D eigenvalue weighted by Gasteiger charge is -2.35. The number of carbonyl (C=O) groups is 1. The van der Waals surface area contributed by atoms with Crippen LogP contribution in [0.3, 0.4) is 0 Å². The number of carbonyl (C=O) groups excluding carboxylic acids is 1. The number of benzene rings is 1. The maximum Gasteiger partial charge on any atom is 0.225 e. The highest BCUT2D eigenvalue weighted by atomic mass is 35.5.